The van der Waals surface area contributed by atoms with E-state index in [4.69, 9.17) is 0 Å². The third kappa shape index (κ3) is 2.44. The maximum absolute atomic E-state index is 12.7. The molecule has 1 aromatic heterocycles. The number of amides is 3. The molecule has 0 aromatic carbocycles. The SMILES string of the molecule is O=C(N[C@H]1CCN2C(=O)[C@H]3CCCN3C(=O)[C@@H]2C1)c1ccncc1. The number of piperidine rings is 1. The van der Waals surface area contributed by atoms with Crippen molar-refractivity contribution >= 4 is 17.7 Å². The smallest absolute Gasteiger partial charge is 0.251 e. The summed E-state index contributed by atoms with van der Waals surface area (Å²) in [5.41, 5.74) is 0.554. The minimum absolute atomic E-state index is 0.0416. The van der Waals surface area contributed by atoms with Crippen LogP contribution in [0.25, 0.3) is 0 Å². The molecule has 4 rings (SSSR count). The number of nitrogens with zero attached hydrogens (tertiary/aromatic N) is 3. The first-order chi connectivity index (χ1) is 11.6. The fourth-order valence-corrected chi connectivity index (χ4v) is 4.04. The normalized spacial score (nSPS) is 29.2. The highest BCUT2D eigenvalue weighted by Crippen LogP contribution is 2.31. The van der Waals surface area contributed by atoms with Crippen LogP contribution < -0.4 is 5.32 Å². The van der Waals surface area contributed by atoms with E-state index in [0.29, 0.717) is 31.5 Å². The van der Waals surface area contributed by atoms with Crippen LogP contribution >= 0.6 is 0 Å². The van der Waals surface area contributed by atoms with Crippen LogP contribution in [-0.4, -0.2) is 63.7 Å². The highest BCUT2D eigenvalue weighted by molar-refractivity contribution is 5.98. The molecular weight excluding hydrogens is 308 g/mol. The Bertz CT molecular complexity index is 678. The third-order valence-corrected chi connectivity index (χ3v) is 5.27. The zero-order valence-electron chi connectivity index (χ0n) is 13.4. The van der Waals surface area contributed by atoms with Gasteiger partial charge in [0.05, 0.1) is 0 Å². The van der Waals surface area contributed by atoms with Gasteiger partial charge >= 0.3 is 0 Å². The molecule has 0 saturated carbocycles. The predicted molar refractivity (Wildman–Crippen MR) is 85.0 cm³/mol. The maximum Gasteiger partial charge on any atom is 0.251 e. The third-order valence-electron chi connectivity index (χ3n) is 5.27. The molecule has 24 heavy (non-hydrogen) atoms. The van der Waals surface area contributed by atoms with Crippen LogP contribution in [0.3, 0.4) is 0 Å². The lowest BCUT2D eigenvalue weighted by Crippen LogP contribution is -2.66. The standard InChI is InChI=1S/C17H20N4O3/c22-15(11-3-6-18-7-4-11)19-12-5-9-21-14(10-12)17(24)20-8-1-2-13(20)16(21)23/h3-4,6-7,12-14H,1-2,5,8-10H2,(H,19,22)/t12-,13+,14-/m0/s1. The fourth-order valence-electron chi connectivity index (χ4n) is 4.04. The Labute approximate surface area is 140 Å². The summed E-state index contributed by atoms with van der Waals surface area (Å²) in [7, 11) is 0. The minimum atomic E-state index is -0.427. The van der Waals surface area contributed by atoms with Crippen LogP contribution in [-0.2, 0) is 9.59 Å². The Kier molecular flexibility index (Phi) is 3.70. The number of carbonyl (C=O) groups is 3. The monoisotopic (exact) mass is 328 g/mol. The Morgan fingerprint density at radius 1 is 1.04 bits per heavy atom. The molecule has 3 aliphatic heterocycles. The Hall–Kier alpha value is -2.44. The number of nitrogens with one attached hydrogen (secondary N) is 1. The zero-order valence-corrected chi connectivity index (χ0v) is 13.4. The number of aromatic nitrogens is 1. The summed E-state index contributed by atoms with van der Waals surface area (Å²) in [5.74, 6) is -0.0412. The Morgan fingerprint density at radius 2 is 1.75 bits per heavy atom. The highest BCUT2D eigenvalue weighted by Gasteiger charge is 2.49. The fraction of sp³-hybridized carbons (Fsp3) is 0.529. The van der Waals surface area contributed by atoms with Gasteiger partial charge in [-0.1, -0.05) is 0 Å². The van der Waals surface area contributed by atoms with Crippen LogP contribution in [0.5, 0.6) is 0 Å². The average molecular weight is 328 g/mol. The Balaban J connectivity index is 1.46. The van der Waals surface area contributed by atoms with Crippen molar-refractivity contribution in [1.82, 2.24) is 20.1 Å². The minimum Gasteiger partial charge on any atom is -0.349 e. The van der Waals surface area contributed by atoms with E-state index in [1.54, 1.807) is 34.3 Å². The topological polar surface area (TPSA) is 82.6 Å². The van der Waals surface area contributed by atoms with E-state index in [2.05, 4.69) is 10.3 Å². The van der Waals surface area contributed by atoms with Gasteiger partial charge in [0.2, 0.25) is 11.8 Å². The van der Waals surface area contributed by atoms with Crippen molar-refractivity contribution in [3.05, 3.63) is 30.1 Å². The van der Waals surface area contributed by atoms with E-state index in [-0.39, 0.29) is 29.8 Å². The Morgan fingerprint density at radius 3 is 2.54 bits per heavy atom. The molecule has 1 N–H and O–H groups in total. The van der Waals surface area contributed by atoms with Crippen molar-refractivity contribution in [2.45, 2.75) is 43.8 Å². The van der Waals surface area contributed by atoms with Crippen molar-refractivity contribution in [2.24, 2.45) is 0 Å². The van der Waals surface area contributed by atoms with Crippen LogP contribution in [0, 0.1) is 0 Å². The first-order valence-electron chi connectivity index (χ1n) is 8.47. The van der Waals surface area contributed by atoms with E-state index in [0.717, 1.165) is 12.8 Å². The molecule has 3 amide bonds. The molecule has 0 unspecified atom stereocenters. The molecule has 1 aromatic rings. The van der Waals surface area contributed by atoms with Crippen LogP contribution in [0.2, 0.25) is 0 Å². The molecule has 0 aliphatic carbocycles. The molecule has 3 aliphatic rings. The largest absolute Gasteiger partial charge is 0.349 e. The number of fused-ring (bicyclic) bond motifs is 2. The van der Waals surface area contributed by atoms with E-state index >= 15 is 0 Å². The van der Waals surface area contributed by atoms with Gasteiger partial charge in [-0.2, -0.15) is 0 Å². The summed E-state index contributed by atoms with van der Waals surface area (Å²) in [5, 5.41) is 2.99. The number of hydrogen-bond donors (Lipinski definition) is 1. The molecule has 3 saturated heterocycles. The predicted octanol–water partition coefficient (Wildman–Crippen LogP) is 0.176. The van der Waals surface area contributed by atoms with Crippen LogP contribution in [0.15, 0.2) is 24.5 Å². The summed E-state index contributed by atoms with van der Waals surface area (Å²) < 4.78 is 0. The average Bonchev–Trinajstić information content (AvgIpc) is 3.10. The summed E-state index contributed by atoms with van der Waals surface area (Å²) in [6, 6.07) is 2.55. The van der Waals surface area contributed by atoms with Gasteiger partial charge in [-0.25, -0.2) is 0 Å². The van der Waals surface area contributed by atoms with Gasteiger partial charge in [0.15, 0.2) is 0 Å². The lowest BCUT2D eigenvalue weighted by molar-refractivity contribution is -0.161. The van der Waals surface area contributed by atoms with E-state index in [9.17, 15) is 14.4 Å². The van der Waals surface area contributed by atoms with Crippen LogP contribution in [0.1, 0.15) is 36.0 Å². The summed E-state index contributed by atoms with van der Waals surface area (Å²) in [4.78, 5) is 44.9. The lowest BCUT2D eigenvalue weighted by atomic mass is 9.92. The van der Waals surface area contributed by atoms with Crippen molar-refractivity contribution in [2.75, 3.05) is 13.1 Å². The highest BCUT2D eigenvalue weighted by atomic mass is 16.2. The van der Waals surface area contributed by atoms with E-state index < -0.39 is 6.04 Å². The summed E-state index contributed by atoms with van der Waals surface area (Å²) in [6.07, 6.45) is 5.99. The summed E-state index contributed by atoms with van der Waals surface area (Å²) in [6.45, 7) is 1.20. The van der Waals surface area contributed by atoms with Gasteiger partial charge in [0.1, 0.15) is 12.1 Å². The van der Waals surface area contributed by atoms with Gasteiger partial charge in [-0.05, 0) is 37.8 Å². The molecule has 7 heteroatoms. The summed E-state index contributed by atoms with van der Waals surface area (Å²) >= 11 is 0. The molecule has 3 fully saturated rings. The van der Waals surface area contributed by atoms with Crippen molar-refractivity contribution in [3.8, 4) is 0 Å². The first kappa shape index (κ1) is 15.1. The van der Waals surface area contributed by atoms with E-state index in [1.807, 2.05) is 0 Å². The molecule has 4 heterocycles. The number of pyridine rings is 1. The van der Waals surface area contributed by atoms with Gasteiger partial charge in [0, 0.05) is 37.1 Å². The number of piperazine rings is 1. The number of carbonyl (C=O) groups excluding carboxylic acids is 3. The second-order valence-corrected chi connectivity index (χ2v) is 6.67. The maximum atomic E-state index is 12.7. The van der Waals surface area contributed by atoms with Gasteiger partial charge in [-0.3, -0.25) is 19.4 Å². The quantitative estimate of drug-likeness (QED) is 0.839. The van der Waals surface area contributed by atoms with Crippen LogP contribution in [0.4, 0.5) is 0 Å². The molecule has 7 nitrogen and oxygen atoms in total. The molecule has 0 radical (unpaired) electrons. The second kappa shape index (κ2) is 5.89. The number of rotatable bonds is 2. The first-order valence-corrected chi connectivity index (χ1v) is 8.47. The molecule has 126 valence electrons. The molecular formula is C17H20N4O3. The molecule has 3 atom stereocenters. The van der Waals surface area contributed by atoms with Gasteiger partial charge < -0.3 is 15.1 Å². The zero-order chi connectivity index (χ0) is 16.7. The van der Waals surface area contributed by atoms with Gasteiger partial charge in [-0.15, -0.1) is 0 Å². The second-order valence-electron chi connectivity index (χ2n) is 6.67. The van der Waals surface area contributed by atoms with Gasteiger partial charge in [0.25, 0.3) is 5.91 Å². The van der Waals surface area contributed by atoms with Crippen molar-refractivity contribution in [1.29, 1.82) is 0 Å². The lowest BCUT2D eigenvalue weighted by Gasteiger charge is -2.46. The molecule has 0 spiro atoms. The van der Waals surface area contributed by atoms with Crippen molar-refractivity contribution < 1.29 is 14.4 Å². The number of hydrogen-bond acceptors (Lipinski definition) is 4. The van der Waals surface area contributed by atoms with Crippen molar-refractivity contribution in [3.63, 3.8) is 0 Å². The van der Waals surface area contributed by atoms with E-state index in [1.165, 1.54) is 0 Å². The molecule has 0 bridgehead atoms.